The van der Waals surface area contributed by atoms with Gasteiger partial charge in [0.25, 0.3) is 0 Å². The zero-order chi connectivity index (χ0) is 14.5. The largest absolute Gasteiger partial charge is 0.488 e. The number of nitrogens with one attached hydrogen (secondary N) is 1. The van der Waals surface area contributed by atoms with Crippen molar-refractivity contribution in [3.8, 4) is 5.75 Å². The van der Waals surface area contributed by atoms with E-state index >= 15 is 0 Å². The Labute approximate surface area is 121 Å². The van der Waals surface area contributed by atoms with Gasteiger partial charge < -0.3 is 10.1 Å². The van der Waals surface area contributed by atoms with Crippen LogP contribution in [0.5, 0.6) is 5.75 Å². The van der Waals surface area contributed by atoms with Crippen LogP contribution in [-0.4, -0.2) is 7.05 Å². The van der Waals surface area contributed by atoms with Gasteiger partial charge in [0.2, 0.25) is 0 Å². The number of ether oxygens (including phenoxy) is 1. The van der Waals surface area contributed by atoms with Gasteiger partial charge in [-0.15, -0.1) is 0 Å². The predicted octanol–water partition coefficient (Wildman–Crippen LogP) is 3.91. The first kappa shape index (κ1) is 14.6. The van der Waals surface area contributed by atoms with Crippen LogP contribution in [0.15, 0.2) is 36.4 Å². The molecule has 0 saturated carbocycles. The summed E-state index contributed by atoms with van der Waals surface area (Å²) in [5.74, 6) is 1.01. The monoisotopic (exact) mass is 269 g/mol. The number of hydrogen-bond donors (Lipinski definition) is 1. The van der Waals surface area contributed by atoms with Crippen LogP contribution in [0, 0.1) is 20.8 Å². The van der Waals surface area contributed by atoms with Gasteiger partial charge in [0, 0.05) is 6.54 Å². The minimum Gasteiger partial charge on any atom is -0.488 e. The summed E-state index contributed by atoms with van der Waals surface area (Å²) >= 11 is 0. The van der Waals surface area contributed by atoms with Crippen LogP contribution in [0.4, 0.5) is 0 Å². The first-order valence-electron chi connectivity index (χ1n) is 7.04. The van der Waals surface area contributed by atoms with Gasteiger partial charge in [-0.05, 0) is 55.6 Å². The van der Waals surface area contributed by atoms with E-state index in [4.69, 9.17) is 4.74 Å². The van der Waals surface area contributed by atoms with Crippen LogP contribution in [0.3, 0.4) is 0 Å². The minimum atomic E-state index is 0.625. The van der Waals surface area contributed by atoms with Crippen molar-refractivity contribution in [3.63, 3.8) is 0 Å². The normalized spacial score (nSPS) is 10.6. The Morgan fingerprint density at radius 2 is 1.60 bits per heavy atom. The lowest BCUT2D eigenvalue weighted by Gasteiger charge is -2.15. The number of hydrogen-bond acceptors (Lipinski definition) is 2. The Morgan fingerprint density at radius 3 is 2.20 bits per heavy atom. The molecule has 0 saturated heterocycles. The van der Waals surface area contributed by atoms with E-state index in [-0.39, 0.29) is 0 Å². The van der Waals surface area contributed by atoms with Crippen LogP contribution in [-0.2, 0) is 13.2 Å². The average molecular weight is 269 g/mol. The number of rotatable bonds is 5. The van der Waals surface area contributed by atoms with Gasteiger partial charge in [0.1, 0.15) is 12.4 Å². The summed E-state index contributed by atoms with van der Waals surface area (Å²) < 4.78 is 6.05. The van der Waals surface area contributed by atoms with Crippen molar-refractivity contribution < 1.29 is 4.74 Å². The highest BCUT2D eigenvalue weighted by Gasteiger charge is 2.07. The summed E-state index contributed by atoms with van der Waals surface area (Å²) in [6, 6.07) is 12.7. The van der Waals surface area contributed by atoms with Gasteiger partial charge in [0.15, 0.2) is 0 Å². The Kier molecular flexibility index (Phi) is 4.80. The second-order valence-electron chi connectivity index (χ2n) is 5.30. The zero-order valence-electron chi connectivity index (χ0n) is 12.8. The molecule has 0 unspecified atom stereocenters. The first-order chi connectivity index (χ1) is 9.61. The van der Waals surface area contributed by atoms with Gasteiger partial charge >= 0.3 is 0 Å². The summed E-state index contributed by atoms with van der Waals surface area (Å²) in [6.07, 6.45) is 0. The van der Waals surface area contributed by atoms with Crippen molar-refractivity contribution in [2.75, 3.05) is 7.05 Å². The predicted molar refractivity (Wildman–Crippen MR) is 84.2 cm³/mol. The van der Waals surface area contributed by atoms with Gasteiger partial charge in [-0.25, -0.2) is 0 Å². The molecule has 2 heteroatoms. The number of aryl methyl sites for hydroxylation is 3. The van der Waals surface area contributed by atoms with E-state index < -0.39 is 0 Å². The molecule has 0 aliphatic carbocycles. The second-order valence-corrected chi connectivity index (χ2v) is 5.30. The molecule has 0 atom stereocenters. The highest BCUT2D eigenvalue weighted by atomic mass is 16.5. The third kappa shape index (κ3) is 3.40. The molecule has 0 radical (unpaired) electrons. The molecule has 20 heavy (non-hydrogen) atoms. The lowest BCUT2D eigenvalue weighted by molar-refractivity contribution is 0.301. The maximum atomic E-state index is 6.05. The molecule has 2 nitrogen and oxygen atoms in total. The van der Waals surface area contributed by atoms with Gasteiger partial charge in [-0.1, -0.05) is 36.4 Å². The highest BCUT2D eigenvalue weighted by Crippen LogP contribution is 2.26. The van der Waals surface area contributed by atoms with Crippen LogP contribution >= 0.6 is 0 Å². The van der Waals surface area contributed by atoms with E-state index in [1.54, 1.807) is 0 Å². The molecule has 0 fully saturated rings. The Hall–Kier alpha value is -1.80. The molecule has 106 valence electrons. The van der Waals surface area contributed by atoms with E-state index in [1.165, 1.54) is 27.8 Å². The maximum Gasteiger partial charge on any atom is 0.125 e. The van der Waals surface area contributed by atoms with E-state index in [2.05, 4.69) is 62.5 Å². The molecule has 0 aromatic heterocycles. The third-order valence-electron chi connectivity index (χ3n) is 3.53. The minimum absolute atomic E-state index is 0.625. The molecule has 0 spiro atoms. The smallest absolute Gasteiger partial charge is 0.125 e. The van der Waals surface area contributed by atoms with Crippen LogP contribution in [0.1, 0.15) is 27.8 Å². The van der Waals surface area contributed by atoms with Crippen molar-refractivity contribution >= 4 is 0 Å². The molecular weight excluding hydrogens is 246 g/mol. The summed E-state index contributed by atoms with van der Waals surface area (Å²) in [4.78, 5) is 0. The quantitative estimate of drug-likeness (QED) is 0.888. The summed E-state index contributed by atoms with van der Waals surface area (Å²) in [5.41, 5.74) is 6.21. The Bertz CT molecular complexity index is 567. The summed E-state index contributed by atoms with van der Waals surface area (Å²) in [5, 5.41) is 3.18. The van der Waals surface area contributed by atoms with Gasteiger partial charge in [-0.3, -0.25) is 0 Å². The maximum absolute atomic E-state index is 6.05. The highest BCUT2D eigenvalue weighted by molar-refractivity contribution is 5.43. The van der Waals surface area contributed by atoms with Crippen molar-refractivity contribution in [1.82, 2.24) is 5.32 Å². The summed E-state index contributed by atoms with van der Waals surface area (Å²) in [7, 11) is 1.97. The zero-order valence-corrected chi connectivity index (χ0v) is 12.8. The Morgan fingerprint density at radius 1 is 0.950 bits per heavy atom. The van der Waals surface area contributed by atoms with Crippen LogP contribution < -0.4 is 10.1 Å². The van der Waals surface area contributed by atoms with Gasteiger partial charge in [0.05, 0.1) is 0 Å². The molecule has 2 rings (SSSR count). The molecular formula is C18H23NO. The molecule has 0 heterocycles. The molecule has 0 amide bonds. The SMILES string of the molecule is CNCc1cc(C)c(OCc2ccccc2C)c(C)c1. The van der Waals surface area contributed by atoms with E-state index in [1.807, 2.05) is 7.05 Å². The van der Waals surface area contributed by atoms with Gasteiger partial charge in [-0.2, -0.15) is 0 Å². The standard InChI is InChI=1S/C18H23NO/c1-13-7-5-6-8-17(13)12-20-18-14(2)9-16(11-19-4)10-15(18)3/h5-10,19H,11-12H2,1-4H3. The van der Waals surface area contributed by atoms with Crippen molar-refractivity contribution in [2.45, 2.75) is 33.9 Å². The van der Waals surface area contributed by atoms with E-state index in [9.17, 15) is 0 Å². The third-order valence-corrected chi connectivity index (χ3v) is 3.53. The van der Waals surface area contributed by atoms with Crippen LogP contribution in [0.25, 0.3) is 0 Å². The van der Waals surface area contributed by atoms with Crippen molar-refractivity contribution in [2.24, 2.45) is 0 Å². The first-order valence-corrected chi connectivity index (χ1v) is 7.04. The van der Waals surface area contributed by atoms with E-state index in [0.29, 0.717) is 6.61 Å². The molecule has 2 aromatic carbocycles. The van der Waals surface area contributed by atoms with Crippen molar-refractivity contribution in [3.05, 3.63) is 64.2 Å². The molecule has 0 aliphatic heterocycles. The average Bonchev–Trinajstić information content (AvgIpc) is 2.40. The molecule has 0 bridgehead atoms. The fourth-order valence-electron chi connectivity index (χ4n) is 2.50. The molecule has 2 aromatic rings. The lowest BCUT2D eigenvalue weighted by Crippen LogP contribution is -2.07. The van der Waals surface area contributed by atoms with Crippen LogP contribution in [0.2, 0.25) is 0 Å². The van der Waals surface area contributed by atoms with E-state index in [0.717, 1.165) is 12.3 Å². The molecule has 0 aliphatic rings. The molecule has 1 N–H and O–H groups in total. The van der Waals surface area contributed by atoms with Crippen molar-refractivity contribution in [1.29, 1.82) is 0 Å². The second kappa shape index (κ2) is 6.58. The topological polar surface area (TPSA) is 21.3 Å². The lowest BCUT2D eigenvalue weighted by atomic mass is 10.1. The fraction of sp³-hybridized carbons (Fsp3) is 0.333. The Balaban J connectivity index is 2.16. The fourth-order valence-corrected chi connectivity index (χ4v) is 2.50. The summed E-state index contributed by atoms with van der Waals surface area (Å²) in [6.45, 7) is 7.85. The number of benzene rings is 2.